The monoisotopic (exact) mass is 362 g/mol. The number of benzene rings is 1. The van der Waals surface area contributed by atoms with Crippen molar-refractivity contribution in [3.63, 3.8) is 0 Å². The third-order valence-electron chi connectivity index (χ3n) is 2.25. The van der Waals surface area contributed by atoms with Crippen LogP contribution in [0.15, 0.2) is 27.1 Å². The Balaban J connectivity index is 2.61. The van der Waals surface area contributed by atoms with Gasteiger partial charge in [0.15, 0.2) is 0 Å². The normalized spacial score (nSPS) is 12.0. The number of carbonyl (C=O) groups excluding carboxylic acids is 1. The van der Waals surface area contributed by atoms with E-state index >= 15 is 0 Å². The highest BCUT2D eigenvalue weighted by Gasteiger charge is 2.12. The van der Waals surface area contributed by atoms with Gasteiger partial charge in [0.25, 0.3) is 0 Å². The van der Waals surface area contributed by atoms with Gasteiger partial charge in [0.1, 0.15) is 6.04 Å². The standard InChI is InChI=1S/C12H16Br2N2O/c1-3-6-15-12(17)8(2)16-11-5-4-9(13)7-10(11)14/h4-5,7-8,16H,3,6H2,1-2H3,(H,15,17). The Labute approximate surface area is 119 Å². The van der Waals surface area contributed by atoms with E-state index in [1.165, 1.54) is 0 Å². The molecule has 0 fully saturated rings. The van der Waals surface area contributed by atoms with Crippen molar-refractivity contribution in [2.24, 2.45) is 0 Å². The third kappa shape index (κ3) is 4.68. The van der Waals surface area contributed by atoms with Crippen LogP contribution in [-0.4, -0.2) is 18.5 Å². The summed E-state index contributed by atoms with van der Waals surface area (Å²) in [4.78, 5) is 11.7. The van der Waals surface area contributed by atoms with Gasteiger partial charge in [0.2, 0.25) is 5.91 Å². The lowest BCUT2D eigenvalue weighted by Crippen LogP contribution is -2.37. The molecule has 0 radical (unpaired) electrons. The van der Waals surface area contributed by atoms with Crippen molar-refractivity contribution in [1.82, 2.24) is 5.32 Å². The van der Waals surface area contributed by atoms with Crippen LogP contribution in [0.5, 0.6) is 0 Å². The number of carbonyl (C=O) groups is 1. The minimum Gasteiger partial charge on any atom is -0.373 e. The Hall–Kier alpha value is -0.550. The second-order valence-electron chi connectivity index (χ2n) is 3.78. The summed E-state index contributed by atoms with van der Waals surface area (Å²) in [7, 11) is 0. The molecule has 0 saturated heterocycles. The molecule has 0 saturated carbocycles. The van der Waals surface area contributed by atoms with Crippen LogP contribution in [0.4, 0.5) is 5.69 Å². The fraction of sp³-hybridized carbons (Fsp3) is 0.417. The number of halogens is 2. The van der Waals surface area contributed by atoms with Crippen molar-refractivity contribution in [1.29, 1.82) is 0 Å². The van der Waals surface area contributed by atoms with Gasteiger partial charge in [-0.05, 0) is 47.5 Å². The molecule has 1 unspecified atom stereocenters. The van der Waals surface area contributed by atoms with Gasteiger partial charge in [-0.3, -0.25) is 4.79 Å². The molecule has 0 aliphatic rings. The van der Waals surface area contributed by atoms with Crippen LogP contribution in [0.25, 0.3) is 0 Å². The topological polar surface area (TPSA) is 41.1 Å². The van der Waals surface area contributed by atoms with E-state index in [4.69, 9.17) is 0 Å². The first kappa shape index (κ1) is 14.5. The van der Waals surface area contributed by atoms with E-state index in [0.29, 0.717) is 6.54 Å². The van der Waals surface area contributed by atoms with E-state index in [-0.39, 0.29) is 11.9 Å². The molecule has 0 spiro atoms. The van der Waals surface area contributed by atoms with Gasteiger partial charge in [-0.15, -0.1) is 0 Å². The lowest BCUT2D eigenvalue weighted by atomic mass is 10.2. The highest BCUT2D eigenvalue weighted by molar-refractivity contribution is 9.11. The molecule has 5 heteroatoms. The molecule has 0 aromatic heterocycles. The average Bonchev–Trinajstić information content (AvgIpc) is 2.29. The molecular formula is C12H16Br2N2O. The zero-order valence-corrected chi connectivity index (χ0v) is 13.1. The smallest absolute Gasteiger partial charge is 0.242 e. The Morgan fingerprint density at radius 3 is 2.71 bits per heavy atom. The second-order valence-corrected chi connectivity index (χ2v) is 5.55. The molecule has 3 nitrogen and oxygen atoms in total. The van der Waals surface area contributed by atoms with Gasteiger partial charge in [0, 0.05) is 21.2 Å². The van der Waals surface area contributed by atoms with Gasteiger partial charge in [-0.1, -0.05) is 22.9 Å². The van der Waals surface area contributed by atoms with Crippen molar-refractivity contribution in [2.45, 2.75) is 26.3 Å². The predicted molar refractivity (Wildman–Crippen MR) is 78.2 cm³/mol. The molecule has 94 valence electrons. The quantitative estimate of drug-likeness (QED) is 0.840. The number of rotatable bonds is 5. The van der Waals surface area contributed by atoms with E-state index in [9.17, 15) is 4.79 Å². The van der Waals surface area contributed by atoms with Crippen LogP contribution in [0.1, 0.15) is 20.3 Å². The minimum absolute atomic E-state index is 0.0154. The lowest BCUT2D eigenvalue weighted by molar-refractivity contribution is -0.121. The third-order valence-corrected chi connectivity index (χ3v) is 3.39. The van der Waals surface area contributed by atoms with Crippen LogP contribution >= 0.6 is 31.9 Å². The van der Waals surface area contributed by atoms with E-state index < -0.39 is 0 Å². The maximum atomic E-state index is 11.7. The summed E-state index contributed by atoms with van der Waals surface area (Å²) < 4.78 is 1.93. The highest BCUT2D eigenvalue weighted by atomic mass is 79.9. The summed E-state index contributed by atoms with van der Waals surface area (Å²) in [5.74, 6) is 0.0154. The molecule has 2 N–H and O–H groups in total. The predicted octanol–water partition coefficient (Wildman–Crippen LogP) is 3.54. The van der Waals surface area contributed by atoms with E-state index in [1.54, 1.807) is 0 Å². The van der Waals surface area contributed by atoms with Crippen molar-refractivity contribution in [3.8, 4) is 0 Å². The minimum atomic E-state index is -0.251. The first-order chi connectivity index (χ1) is 8.04. The van der Waals surface area contributed by atoms with Crippen LogP contribution in [-0.2, 0) is 4.79 Å². The molecule has 17 heavy (non-hydrogen) atoms. The zero-order valence-electron chi connectivity index (χ0n) is 9.89. The largest absolute Gasteiger partial charge is 0.373 e. The summed E-state index contributed by atoms with van der Waals surface area (Å²) >= 11 is 6.84. The van der Waals surface area contributed by atoms with E-state index in [0.717, 1.165) is 21.1 Å². The Kier molecular flexibility index (Phi) is 5.98. The maximum Gasteiger partial charge on any atom is 0.242 e. The van der Waals surface area contributed by atoms with Gasteiger partial charge in [-0.25, -0.2) is 0 Å². The number of nitrogens with one attached hydrogen (secondary N) is 2. The molecule has 1 rings (SSSR count). The number of hydrogen-bond donors (Lipinski definition) is 2. The van der Waals surface area contributed by atoms with Gasteiger partial charge >= 0.3 is 0 Å². The first-order valence-electron chi connectivity index (χ1n) is 5.54. The summed E-state index contributed by atoms with van der Waals surface area (Å²) in [5.41, 5.74) is 0.910. The SMILES string of the molecule is CCCNC(=O)C(C)Nc1ccc(Br)cc1Br. The molecule has 0 heterocycles. The van der Waals surface area contributed by atoms with Gasteiger partial charge in [0.05, 0.1) is 0 Å². The second kappa shape index (κ2) is 7.01. The zero-order chi connectivity index (χ0) is 12.8. The van der Waals surface area contributed by atoms with Gasteiger partial charge < -0.3 is 10.6 Å². The fourth-order valence-electron chi connectivity index (χ4n) is 1.31. The van der Waals surface area contributed by atoms with Crippen molar-refractivity contribution < 1.29 is 4.79 Å². The van der Waals surface area contributed by atoms with Crippen LogP contribution in [0.2, 0.25) is 0 Å². The molecule has 0 aliphatic heterocycles. The molecule has 1 amide bonds. The van der Waals surface area contributed by atoms with Crippen molar-refractivity contribution >= 4 is 43.5 Å². The number of anilines is 1. The molecule has 0 bridgehead atoms. The lowest BCUT2D eigenvalue weighted by Gasteiger charge is -2.16. The maximum absolute atomic E-state index is 11.7. The van der Waals surface area contributed by atoms with Crippen LogP contribution < -0.4 is 10.6 Å². The molecule has 1 aromatic carbocycles. The summed E-state index contributed by atoms with van der Waals surface area (Å²) in [5, 5.41) is 6.02. The molecule has 1 atom stereocenters. The molecule has 1 aromatic rings. The Bertz CT molecular complexity index is 396. The summed E-state index contributed by atoms with van der Waals surface area (Å²) in [6.07, 6.45) is 0.945. The van der Waals surface area contributed by atoms with Gasteiger partial charge in [-0.2, -0.15) is 0 Å². The van der Waals surface area contributed by atoms with Crippen molar-refractivity contribution in [2.75, 3.05) is 11.9 Å². The van der Waals surface area contributed by atoms with Crippen molar-refractivity contribution in [3.05, 3.63) is 27.1 Å². The Morgan fingerprint density at radius 2 is 2.12 bits per heavy atom. The highest BCUT2D eigenvalue weighted by Crippen LogP contribution is 2.26. The number of amides is 1. The van der Waals surface area contributed by atoms with Crippen LogP contribution in [0, 0.1) is 0 Å². The Morgan fingerprint density at radius 1 is 1.41 bits per heavy atom. The van der Waals surface area contributed by atoms with E-state index in [1.807, 2.05) is 32.0 Å². The molecule has 0 aliphatic carbocycles. The number of hydrogen-bond acceptors (Lipinski definition) is 2. The van der Waals surface area contributed by atoms with Crippen LogP contribution in [0.3, 0.4) is 0 Å². The molecular weight excluding hydrogens is 348 g/mol. The average molecular weight is 364 g/mol. The summed E-state index contributed by atoms with van der Waals surface area (Å²) in [6.45, 7) is 4.59. The van der Waals surface area contributed by atoms with E-state index in [2.05, 4.69) is 42.5 Å². The summed E-state index contributed by atoms with van der Waals surface area (Å²) in [6, 6.07) is 5.56. The first-order valence-corrected chi connectivity index (χ1v) is 7.12. The fourth-order valence-corrected chi connectivity index (χ4v) is 2.47.